The second-order valence-electron chi connectivity index (χ2n) is 5.82. The van der Waals surface area contributed by atoms with E-state index in [1.54, 1.807) is 0 Å². The number of fused-ring (bicyclic) bond motifs is 2. The molecule has 1 aliphatic carbocycles. The van der Waals surface area contributed by atoms with Gasteiger partial charge in [0.15, 0.2) is 0 Å². The van der Waals surface area contributed by atoms with Gasteiger partial charge in [-0.05, 0) is 44.2 Å². The molecule has 0 aromatic carbocycles. The number of rotatable bonds is 2. The van der Waals surface area contributed by atoms with Gasteiger partial charge in [0.2, 0.25) is 0 Å². The van der Waals surface area contributed by atoms with Crippen LogP contribution < -0.4 is 5.32 Å². The minimum atomic E-state index is 0.444. The van der Waals surface area contributed by atoms with Crippen LogP contribution in [0.3, 0.4) is 0 Å². The molecular weight excluding hydrogens is 236 g/mol. The third-order valence-corrected chi connectivity index (χ3v) is 4.92. The smallest absolute Gasteiger partial charge is 0.127 e. The molecule has 3 atom stereocenters. The van der Waals surface area contributed by atoms with E-state index < -0.39 is 0 Å². The van der Waals surface area contributed by atoms with E-state index >= 15 is 0 Å². The van der Waals surface area contributed by atoms with Crippen LogP contribution in [0.2, 0.25) is 0 Å². The normalized spacial score (nSPS) is 30.1. The molecule has 4 nitrogen and oxygen atoms in total. The maximum absolute atomic E-state index is 4.86. The topological polar surface area (TPSA) is 42.7 Å². The third kappa shape index (κ3) is 1.62. The number of pyridine rings is 1. The van der Waals surface area contributed by atoms with Crippen molar-refractivity contribution in [1.29, 1.82) is 0 Å². The van der Waals surface area contributed by atoms with Gasteiger partial charge < -0.3 is 9.88 Å². The lowest BCUT2D eigenvalue weighted by Crippen LogP contribution is -2.22. The molecule has 0 radical (unpaired) electrons. The zero-order valence-corrected chi connectivity index (χ0v) is 11.3. The summed E-state index contributed by atoms with van der Waals surface area (Å²) in [5.74, 6) is 2.88. The van der Waals surface area contributed by atoms with Gasteiger partial charge in [-0.2, -0.15) is 0 Å². The molecule has 19 heavy (non-hydrogen) atoms. The number of aromatic nitrogens is 3. The molecule has 2 aromatic rings. The summed E-state index contributed by atoms with van der Waals surface area (Å²) in [4.78, 5) is 9.06. The minimum Gasteiger partial charge on any atom is -0.327 e. The highest BCUT2D eigenvalue weighted by Gasteiger charge is 2.41. The Kier molecular flexibility index (Phi) is 2.58. The molecule has 2 aliphatic rings. The molecule has 1 saturated heterocycles. The molecule has 0 spiro atoms. The molecule has 0 bridgehead atoms. The van der Waals surface area contributed by atoms with Crippen molar-refractivity contribution < 1.29 is 0 Å². The zero-order chi connectivity index (χ0) is 12.8. The third-order valence-electron chi connectivity index (χ3n) is 4.92. The van der Waals surface area contributed by atoms with Crippen molar-refractivity contribution >= 4 is 11.0 Å². The first-order chi connectivity index (χ1) is 9.38. The molecule has 2 fully saturated rings. The van der Waals surface area contributed by atoms with Crippen LogP contribution in [-0.2, 0) is 6.54 Å². The van der Waals surface area contributed by atoms with Gasteiger partial charge in [0.05, 0.1) is 17.8 Å². The van der Waals surface area contributed by atoms with Gasteiger partial charge in [-0.3, -0.25) is 4.98 Å². The van der Waals surface area contributed by atoms with Crippen LogP contribution in [0.5, 0.6) is 0 Å². The Morgan fingerprint density at radius 3 is 3.26 bits per heavy atom. The molecule has 100 valence electrons. The van der Waals surface area contributed by atoms with Crippen molar-refractivity contribution in [3.8, 4) is 0 Å². The Bertz CT molecular complexity index is 603. The van der Waals surface area contributed by atoms with Gasteiger partial charge >= 0.3 is 0 Å². The maximum atomic E-state index is 4.86. The Morgan fingerprint density at radius 1 is 1.42 bits per heavy atom. The van der Waals surface area contributed by atoms with Crippen molar-refractivity contribution in [2.75, 3.05) is 6.54 Å². The van der Waals surface area contributed by atoms with Gasteiger partial charge in [-0.15, -0.1) is 0 Å². The van der Waals surface area contributed by atoms with Crippen LogP contribution >= 0.6 is 0 Å². The lowest BCUT2D eigenvalue weighted by Gasteiger charge is -2.19. The van der Waals surface area contributed by atoms with Crippen LogP contribution in [0.4, 0.5) is 0 Å². The van der Waals surface area contributed by atoms with E-state index in [9.17, 15) is 0 Å². The number of hydrogen-bond acceptors (Lipinski definition) is 3. The van der Waals surface area contributed by atoms with E-state index in [4.69, 9.17) is 4.98 Å². The van der Waals surface area contributed by atoms with E-state index in [0.29, 0.717) is 6.04 Å². The van der Waals surface area contributed by atoms with Crippen molar-refractivity contribution in [2.45, 2.75) is 38.8 Å². The highest BCUT2D eigenvalue weighted by molar-refractivity contribution is 5.74. The number of hydrogen-bond donors (Lipinski definition) is 1. The Labute approximate surface area is 113 Å². The van der Waals surface area contributed by atoms with Crippen LogP contribution in [0.15, 0.2) is 18.5 Å². The van der Waals surface area contributed by atoms with Crippen molar-refractivity contribution in [1.82, 2.24) is 19.9 Å². The Balaban J connectivity index is 1.82. The molecule has 0 amide bonds. The second-order valence-corrected chi connectivity index (χ2v) is 5.82. The SMILES string of the molecule is CCn1c(C2NCC3CCCC32)nc2cnccc21. The standard InChI is InChI=1S/C15H20N4/c1-2-19-13-6-7-16-9-12(13)18-15(19)14-11-5-3-4-10(11)8-17-14/h6-7,9-11,14,17H,2-5,8H2,1H3. The van der Waals surface area contributed by atoms with Crippen molar-refractivity contribution in [2.24, 2.45) is 11.8 Å². The summed E-state index contributed by atoms with van der Waals surface area (Å²) in [5, 5.41) is 3.71. The summed E-state index contributed by atoms with van der Waals surface area (Å²) in [7, 11) is 0. The van der Waals surface area contributed by atoms with Crippen molar-refractivity contribution in [3.05, 3.63) is 24.3 Å². The average molecular weight is 256 g/mol. The highest BCUT2D eigenvalue weighted by Crippen LogP contribution is 2.44. The lowest BCUT2D eigenvalue weighted by atomic mass is 9.93. The van der Waals surface area contributed by atoms with E-state index in [1.807, 2.05) is 12.4 Å². The monoisotopic (exact) mass is 256 g/mol. The summed E-state index contributed by atoms with van der Waals surface area (Å²) in [6, 6.07) is 2.52. The van der Waals surface area contributed by atoms with E-state index in [-0.39, 0.29) is 0 Å². The molecule has 3 heterocycles. The fourth-order valence-electron chi connectivity index (χ4n) is 4.04. The van der Waals surface area contributed by atoms with Crippen LogP contribution in [0.1, 0.15) is 38.1 Å². The first kappa shape index (κ1) is 11.4. The van der Waals surface area contributed by atoms with Crippen LogP contribution in [0.25, 0.3) is 11.0 Å². The fraction of sp³-hybridized carbons (Fsp3) is 0.600. The summed E-state index contributed by atoms with van der Waals surface area (Å²) < 4.78 is 2.36. The van der Waals surface area contributed by atoms with Gasteiger partial charge in [0.25, 0.3) is 0 Å². The van der Waals surface area contributed by atoms with Crippen LogP contribution in [0, 0.1) is 11.8 Å². The summed E-state index contributed by atoms with van der Waals surface area (Å²) in [6.07, 6.45) is 7.88. The molecule has 2 aromatic heterocycles. The molecule has 4 rings (SSSR count). The largest absolute Gasteiger partial charge is 0.327 e. The fourth-order valence-corrected chi connectivity index (χ4v) is 4.04. The molecule has 1 N–H and O–H groups in total. The Morgan fingerprint density at radius 2 is 2.37 bits per heavy atom. The van der Waals surface area contributed by atoms with Gasteiger partial charge in [0, 0.05) is 12.7 Å². The molecular formula is C15H20N4. The van der Waals surface area contributed by atoms with Gasteiger partial charge in [-0.25, -0.2) is 4.98 Å². The number of aryl methyl sites for hydroxylation is 1. The number of nitrogens with one attached hydrogen (secondary N) is 1. The second kappa shape index (κ2) is 4.30. The zero-order valence-electron chi connectivity index (χ0n) is 11.3. The van der Waals surface area contributed by atoms with E-state index in [0.717, 1.165) is 23.9 Å². The predicted molar refractivity (Wildman–Crippen MR) is 74.8 cm³/mol. The van der Waals surface area contributed by atoms with Crippen molar-refractivity contribution in [3.63, 3.8) is 0 Å². The first-order valence-corrected chi connectivity index (χ1v) is 7.42. The van der Waals surface area contributed by atoms with Crippen LogP contribution in [-0.4, -0.2) is 21.1 Å². The van der Waals surface area contributed by atoms with Gasteiger partial charge in [0.1, 0.15) is 11.3 Å². The quantitative estimate of drug-likeness (QED) is 0.897. The lowest BCUT2D eigenvalue weighted by molar-refractivity contribution is 0.399. The Hall–Kier alpha value is -1.42. The molecule has 1 aliphatic heterocycles. The highest BCUT2D eigenvalue weighted by atomic mass is 15.1. The summed E-state index contributed by atoms with van der Waals surface area (Å²) in [6.45, 7) is 4.35. The molecule has 4 heteroatoms. The number of nitrogens with zero attached hydrogens (tertiary/aromatic N) is 3. The minimum absolute atomic E-state index is 0.444. The van der Waals surface area contributed by atoms with Gasteiger partial charge in [-0.1, -0.05) is 6.42 Å². The molecule has 3 unspecified atom stereocenters. The van der Waals surface area contributed by atoms with E-state index in [1.165, 1.54) is 37.1 Å². The summed E-state index contributed by atoms with van der Waals surface area (Å²) >= 11 is 0. The number of imidazole rings is 1. The average Bonchev–Trinajstić information content (AvgIpc) is 3.11. The van der Waals surface area contributed by atoms with E-state index in [2.05, 4.69) is 27.9 Å². The maximum Gasteiger partial charge on any atom is 0.127 e. The first-order valence-electron chi connectivity index (χ1n) is 7.42. The predicted octanol–water partition coefficient (Wildman–Crippen LogP) is 2.51. The summed E-state index contributed by atoms with van der Waals surface area (Å²) in [5.41, 5.74) is 2.25. The molecule has 1 saturated carbocycles.